The summed E-state index contributed by atoms with van der Waals surface area (Å²) in [6, 6.07) is 11.1. The molecule has 132 valence electrons. The van der Waals surface area contributed by atoms with Gasteiger partial charge in [-0.3, -0.25) is 9.59 Å². The molecule has 2 aromatic carbocycles. The van der Waals surface area contributed by atoms with E-state index < -0.39 is 17.7 Å². The Kier molecular flexibility index (Phi) is 4.93. The number of hydrogen-bond donors (Lipinski definition) is 1. The number of carboxylic acid groups (broad SMARTS) is 1. The van der Waals surface area contributed by atoms with E-state index in [1.165, 1.54) is 31.5 Å². The first-order valence-electron chi connectivity index (χ1n) is 7.97. The van der Waals surface area contributed by atoms with Crippen molar-refractivity contribution in [3.05, 3.63) is 77.8 Å². The number of aromatic nitrogens is 1. The predicted octanol–water partition coefficient (Wildman–Crippen LogP) is 4.29. The van der Waals surface area contributed by atoms with Crippen LogP contribution in [0.4, 0.5) is 4.39 Å². The van der Waals surface area contributed by atoms with Crippen molar-refractivity contribution in [2.75, 3.05) is 0 Å². The van der Waals surface area contributed by atoms with Gasteiger partial charge in [-0.15, -0.1) is 0 Å². The van der Waals surface area contributed by atoms with E-state index in [0.717, 1.165) is 0 Å². The Balaban J connectivity index is 2.13. The molecule has 1 N–H and O–H groups in total. The van der Waals surface area contributed by atoms with Crippen LogP contribution in [-0.4, -0.2) is 21.8 Å². The number of benzene rings is 2. The molecule has 0 aliphatic carbocycles. The van der Waals surface area contributed by atoms with Crippen LogP contribution in [0.25, 0.3) is 11.1 Å². The number of halogens is 1. The Morgan fingerprint density at radius 2 is 2.00 bits per heavy atom. The molecular formula is C20H16FNO4. The molecule has 5 nitrogen and oxygen atoms in total. The van der Waals surface area contributed by atoms with Crippen molar-refractivity contribution < 1.29 is 23.5 Å². The number of oxazole rings is 1. The van der Waals surface area contributed by atoms with Crippen molar-refractivity contribution >= 4 is 11.8 Å². The highest BCUT2D eigenvalue weighted by Crippen LogP contribution is 2.32. The van der Waals surface area contributed by atoms with Gasteiger partial charge in [0.25, 0.3) is 0 Å². The van der Waals surface area contributed by atoms with Gasteiger partial charge in [-0.1, -0.05) is 30.3 Å². The van der Waals surface area contributed by atoms with Gasteiger partial charge in [-0.05, 0) is 35.7 Å². The minimum Gasteiger partial charge on any atom is -0.481 e. The fourth-order valence-corrected chi connectivity index (χ4v) is 2.94. The summed E-state index contributed by atoms with van der Waals surface area (Å²) in [5, 5.41) is 9.21. The number of ketones is 1. The molecule has 0 saturated carbocycles. The number of aliphatic carboxylic acids is 1. The third-order valence-electron chi connectivity index (χ3n) is 4.07. The molecule has 1 heterocycles. The van der Waals surface area contributed by atoms with Crippen molar-refractivity contribution in [2.24, 2.45) is 0 Å². The molecule has 3 rings (SSSR count). The van der Waals surface area contributed by atoms with Crippen molar-refractivity contribution in [3.8, 4) is 11.1 Å². The molecule has 0 amide bonds. The van der Waals surface area contributed by atoms with E-state index in [0.29, 0.717) is 22.3 Å². The largest absolute Gasteiger partial charge is 0.481 e. The van der Waals surface area contributed by atoms with Gasteiger partial charge in [-0.25, -0.2) is 9.37 Å². The maximum Gasteiger partial charge on any atom is 0.304 e. The number of rotatable bonds is 6. The van der Waals surface area contributed by atoms with Gasteiger partial charge in [0.15, 0.2) is 5.78 Å². The summed E-state index contributed by atoms with van der Waals surface area (Å²) in [6.07, 6.45) is 2.46. The molecule has 0 bridgehead atoms. The van der Waals surface area contributed by atoms with Gasteiger partial charge in [0, 0.05) is 5.56 Å². The van der Waals surface area contributed by atoms with Crippen LogP contribution in [0.15, 0.2) is 59.3 Å². The van der Waals surface area contributed by atoms with Crippen LogP contribution in [0.2, 0.25) is 0 Å². The van der Waals surface area contributed by atoms with Gasteiger partial charge < -0.3 is 9.52 Å². The third-order valence-corrected chi connectivity index (χ3v) is 4.07. The standard InChI is InChI=1S/C20H16FNO4/c1-12(23)16-4-2-3-5-17(16)13-8-14(10-15(21)9-13)18(11-19(24)25)20-22-6-7-26-20/h2-10,18H,11H2,1H3,(H,24,25). The summed E-state index contributed by atoms with van der Waals surface area (Å²) in [5.41, 5.74) is 1.97. The molecule has 26 heavy (non-hydrogen) atoms. The number of Topliss-reactive ketones (excluding diaryl/α,β-unsaturated/α-hetero) is 1. The monoisotopic (exact) mass is 353 g/mol. The Bertz CT molecular complexity index is 950. The van der Waals surface area contributed by atoms with Gasteiger partial charge >= 0.3 is 5.97 Å². The van der Waals surface area contributed by atoms with Crippen molar-refractivity contribution in [2.45, 2.75) is 19.3 Å². The summed E-state index contributed by atoms with van der Waals surface area (Å²) in [6.45, 7) is 1.44. The summed E-state index contributed by atoms with van der Waals surface area (Å²) >= 11 is 0. The predicted molar refractivity (Wildman–Crippen MR) is 92.4 cm³/mol. The molecule has 0 saturated heterocycles. The average molecular weight is 353 g/mol. The number of carbonyl (C=O) groups excluding carboxylic acids is 1. The van der Waals surface area contributed by atoms with E-state index in [1.54, 1.807) is 30.3 Å². The zero-order valence-electron chi connectivity index (χ0n) is 14.0. The highest BCUT2D eigenvalue weighted by molar-refractivity contribution is 6.00. The highest BCUT2D eigenvalue weighted by Gasteiger charge is 2.23. The van der Waals surface area contributed by atoms with Crippen LogP contribution in [0.3, 0.4) is 0 Å². The molecule has 0 aliphatic heterocycles. The lowest BCUT2D eigenvalue weighted by atomic mass is 9.90. The fraction of sp³-hybridized carbons (Fsp3) is 0.150. The lowest BCUT2D eigenvalue weighted by Crippen LogP contribution is -2.09. The smallest absolute Gasteiger partial charge is 0.304 e. The van der Waals surface area contributed by atoms with Gasteiger partial charge in [0.2, 0.25) is 5.89 Å². The average Bonchev–Trinajstić information content (AvgIpc) is 3.13. The minimum absolute atomic E-state index is 0.138. The number of hydrogen-bond acceptors (Lipinski definition) is 4. The Morgan fingerprint density at radius 1 is 1.23 bits per heavy atom. The number of carbonyl (C=O) groups is 2. The molecule has 0 spiro atoms. The van der Waals surface area contributed by atoms with Gasteiger partial charge in [-0.2, -0.15) is 0 Å². The molecule has 1 unspecified atom stereocenters. The molecule has 3 aromatic rings. The first-order valence-corrected chi connectivity index (χ1v) is 7.97. The second kappa shape index (κ2) is 7.31. The highest BCUT2D eigenvalue weighted by atomic mass is 19.1. The maximum absolute atomic E-state index is 14.3. The molecule has 0 radical (unpaired) electrons. The number of carboxylic acids is 1. The SMILES string of the molecule is CC(=O)c1ccccc1-c1cc(F)cc(C(CC(=O)O)c2ncco2)c1. The second-order valence-electron chi connectivity index (χ2n) is 5.90. The second-order valence-corrected chi connectivity index (χ2v) is 5.90. The minimum atomic E-state index is -1.05. The van der Waals surface area contributed by atoms with E-state index >= 15 is 0 Å². The lowest BCUT2D eigenvalue weighted by Gasteiger charge is -2.15. The van der Waals surface area contributed by atoms with Crippen molar-refractivity contribution in [3.63, 3.8) is 0 Å². The zero-order chi connectivity index (χ0) is 18.7. The Hall–Kier alpha value is -3.28. The van der Waals surface area contributed by atoms with E-state index in [-0.39, 0.29) is 18.1 Å². The maximum atomic E-state index is 14.3. The zero-order valence-corrected chi connectivity index (χ0v) is 14.0. The van der Waals surface area contributed by atoms with Crippen molar-refractivity contribution in [1.29, 1.82) is 0 Å². The van der Waals surface area contributed by atoms with E-state index in [1.807, 2.05) is 0 Å². The summed E-state index contributed by atoms with van der Waals surface area (Å²) < 4.78 is 19.5. The van der Waals surface area contributed by atoms with Crippen LogP contribution < -0.4 is 0 Å². The number of nitrogens with zero attached hydrogens (tertiary/aromatic N) is 1. The lowest BCUT2D eigenvalue weighted by molar-refractivity contribution is -0.137. The Morgan fingerprint density at radius 3 is 2.65 bits per heavy atom. The quantitative estimate of drug-likeness (QED) is 0.669. The van der Waals surface area contributed by atoms with Crippen LogP contribution in [0.5, 0.6) is 0 Å². The summed E-state index contributed by atoms with van der Waals surface area (Å²) in [5.74, 6) is -2.26. The summed E-state index contributed by atoms with van der Waals surface area (Å²) in [7, 11) is 0. The van der Waals surface area contributed by atoms with E-state index in [2.05, 4.69) is 4.98 Å². The van der Waals surface area contributed by atoms with E-state index in [9.17, 15) is 19.1 Å². The first-order chi connectivity index (χ1) is 12.5. The van der Waals surface area contributed by atoms with Crippen LogP contribution in [-0.2, 0) is 4.79 Å². The molecule has 0 aliphatic rings. The fourth-order valence-electron chi connectivity index (χ4n) is 2.94. The van der Waals surface area contributed by atoms with Crippen molar-refractivity contribution in [1.82, 2.24) is 4.98 Å². The normalized spacial score (nSPS) is 11.9. The molecule has 0 fully saturated rings. The summed E-state index contributed by atoms with van der Waals surface area (Å²) in [4.78, 5) is 27.1. The Labute approximate surface area is 149 Å². The van der Waals surface area contributed by atoms with Crippen LogP contribution >= 0.6 is 0 Å². The van der Waals surface area contributed by atoms with Crippen LogP contribution in [0.1, 0.15) is 41.1 Å². The van der Waals surface area contributed by atoms with Gasteiger partial charge in [0.1, 0.15) is 12.1 Å². The van der Waals surface area contributed by atoms with Crippen LogP contribution in [0, 0.1) is 5.82 Å². The molecule has 1 aromatic heterocycles. The first kappa shape index (κ1) is 17.5. The third kappa shape index (κ3) is 3.69. The molecule has 1 atom stereocenters. The molecular weight excluding hydrogens is 337 g/mol. The van der Waals surface area contributed by atoms with Gasteiger partial charge in [0.05, 0.1) is 18.5 Å². The van der Waals surface area contributed by atoms with E-state index in [4.69, 9.17) is 4.42 Å². The topological polar surface area (TPSA) is 80.4 Å². The molecule has 6 heteroatoms.